The van der Waals surface area contributed by atoms with E-state index < -0.39 is 23.4 Å². The first kappa shape index (κ1) is 17.7. The molecule has 0 radical (unpaired) electrons. The van der Waals surface area contributed by atoms with Crippen molar-refractivity contribution in [2.75, 3.05) is 11.9 Å². The van der Waals surface area contributed by atoms with Crippen LogP contribution in [0.4, 0.5) is 10.5 Å². The maximum absolute atomic E-state index is 13.0. The van der Waals surface area contributed by atoms with Gasteiger partial charge in [-0.15, -0.1) is 0 Å². The summed E-state index contributed by atoms with van der Waals surface area (Å²) < 4.78 is 0. The van der Waals surface area contributed by atoms with Crippen molar-refractivity contribution in [3.8, 4) is 0 Å². The van der Waals surface area contributed by atoms with Gasteiger partial charge in [0.15, 0.2) is 0 Å². The second-order valence-electron chi connectivity index (χ2n) is 6.36. The highest BCUT2D eigenvalue weighted by Crippen LogP contribution is 2.32. The van der Waals surface area contributed by atoms with Gasteiger partial charge in [0.05, 0.1) is 0 Å². The summed E-state index contributed by atoms with van der Waals surface area (Å²) in [6, 6.07) is 15.9. The fourth-order valence-electron chi connectivity index (χ4n) is 3.20. The van der Waals surface area contributed by atoms with Crippen LogP contribution in [-0.2, 0) is 15.1 Å². The number of amides is 4. The Kier molecular flexibility index (Phi) is 4.75. The minimum absolute atomic E-state index is 0.326. The molecule has 4 amide bonds. The molecule has 1 aliphatic rings. The summed E-state index contributed by atoms with van der Waals surface area (Å²) in [5.74, 6) is -0.824. The molecule has 1 heterocycles. The summed E-state index contributed by atoms with van der Waals surface area (Å²) in [5.41, 5.74) is 1.23. The monoisotopic (exact) mass is 351 g/mol. The number of imide groups is 1. The van der Waals surface area contributed by atoms with Gasteiger partial charge >= 0.3 is 6.03 Å². The molecule has 0 bridgehead atoms. The number of aryl methyl sites for hydroxylation is 1. The number of hydrogen-bond donors (Lipinski definition) is 2. The standard InChI is InChI=1S/C20H21N3O3/c1-3-20(15-9-5-4-6-10-15)18(25)23(19(26)22-20)13-17(24)21-16-11-7-8-14(2)12-16/h4-12H,3,13H2,1-2H3,(H,21,24)(H,22,26)/t20-/m0/s1. The molecule has 0 saturated carbocycles. The zero-order valence-corrected chi connectivity index (χ0v) is 14.8. The third kappa shape index (κ3) is 3.18. The van der Waals surface area contributed by atoms with Gasteiger partial charge in [-0.1, -0.05) is 49.4 Å². The van der Waals surface area contributed by atoms with E-state index >= 15 is 0 Å². The SMILES string of the molecule is CC[C@@]1(c2ccccc2)NC(=O)N(CC(=O)Nc2cccc(C)c2)C1=O. The largest absolute Gasteiger partial charge is 0.325 e. The minimum atomic E-state index is -1.12. The van der Waals surface area contributed by atoms with Crippen LogP contribution in [0.2, 0.25) is 0 Å². The third-order valence-electron chi connectivity index (χ3n) is 4.58. The lowest BCUT2D eigenvalue weighted by atomic mass is 9.87. The Morgan fingerprint density at radius 2 is 1.85 bits per heavy atom. The van der Waals surface area contributed by atoms with E-state index in [2.05, 4.69) is 10.6 Å². The van der Waals surface area contributed by atoms with Crippen LogP contribution in [0.5, 0.6) is 0 Å². The fourth-order valence-corrected chi connectivity index (χ4v) is 3.20. The molecular weight excluding hydrogens is 330 g/mol. The topological polar surface area (TPSA) is 78.5 Å². The van der Waals surface area contributed by atoms with Gasteiger partial charge in [-0.2, -0.15) is 0 Å². The molecular formula is C20H21N3O3. The number of anilines is 1. The Balaban J connectivity index is 1.77. The Morgan fingerprint density at radius 1 is 1.12 bits per heavy atom. The Morgan fingerprint density at radius 3 is 2.50 bits per heavy atom. The molecule has 0 unspecified atom stereocenters. The molecule has 2 aromatic carbocycles. The molecule has 2 N–H and O–H groups in total. The molecule has 0 aromatic heterocycles. The van der Waals surface area contributed by atoms with Gasteiger partial charge in [0.2, 0.25) is 5.91 Å². The van der Waals surface area contributed by atoms with E-state index in [1.54, 1.807) is 18.2 Å². The van der Waals surface area contributed by atoms with E-state index in [9.17, 15) is 14.4 Å². The number of nitrogens with one attached hydrogen (secondary N) is 2. The Bertz CT molecular complexity index is 850. The average Bonchev–Trinajstić information content (AvgIpc) is 2.87. The van der Waals surface area contributed by atoms with E-state index in [1.807, 2.05) is 50.2 Å². The Hall–Kier alpha value is -3.15. The van der Waals surface area contributed by atoms with Crippen LogP contribution in [0.3, 0.4) is 0 Å². The molecule has 26 heavy (non-hydrogen) atoms. The van der Waals surface area contributed by atoms with Gasteiger partial charge in [-0.25, -0.2) is 4.79 Å². The maximum Gasteiger partial charge on any atom is 0.325 e. The van der Waals surface area contributed by atoms with E-state index in [0.29, 0.717) is 17.7 Å². The van der Waals surface area contributed by atoms with Crippen molar-refractivity contribution in [2.45, 2.75) is 25.8 Å². The van der Waals surface area contributed by atoms with Gasteiger partial charge in [-0.05, 0) is 36.6 Å². The molecule has 2 aromatic rings. The van der Waals surface area contributed by atoms with Crippen LogP contribution >= 0.6 is 0 Å². The summed E-state index contributed by atoms with van der Waals surface area (Å²) in [6.07, 6.45) is 0.400. The lowest BCUT2D eigenvalue weighted by Gasteiger charge is -2.25. The molecule has 0 aliphatic carbocycles. The molecule has 1 atom stereocenters. The van der Waals surface area contributed by atoms with Crippen molar-refractivity contribution in [2.24, 2.45) is 0 Å². The van der Waals surface area contributed by atoms with Crippen molar-refractivity contribution in [1.29, 1.82) is 0 Å². The zero-order valence-electron chi connectivity index (χ0n) is 14.8. The number of urea groups is 1. The van der Waals surface area contributed by atoms with Crippen LogP contribution < -0.4 is 10.6 Å². The first-order valence-electron chi connectivity index (χ1n) is 8.52. The van der Waals surface area contributed by atoms with Crippen LogP contribution in [-0.4, -0.2) is 29.3 Å². The van der Waals surface area contributed by atoms with Gasteiger partial charge in [-0.3, -0.25) is 14.5 Å². The average molecular weight is 351 g/mol. The number of hydrogen-bond acceptors (Lipinski definition) is 3. The third-order valence-corrected chi connectivity index (χ3v) is 4.58. The second-order valence-corrected chi connectivity index (χ2v) is 6.36. The van der Waals surface area contributed by atoms with Crippen molar-refractivity contribution in [3.63, 3.8) is 0 Å². The lowest BCUT2D eigenvalue weighted by molar-refractivity contribution is -0.134. The molecule has 6 heteroatoms. The Labute approximate surface area is 152 Å². The molecule has 1 aliphatic heterocycles. The van der Waals surface area contributed by atoms with Gasteiger partial charge < -0.3 is 10.6 Å². The molecule has 1 saturated heterocycles. The predicted molar refractivity (Wildman–Crippen MR) is 98.5 cm³/mol. The summed E-state index contributed by atoms with van der Waals surface area (Å²) in [6.45, 7) is 3.43. The smallest absolute Gasteiger partial charge is 0.325 e. The fraction of sp³-hybridized carbons (Fsp3) is 0.250. The van der Waals surface area contributed by atoms with Crippen molar-refractivity contribution in [3.05, 3.63) is 65.7 Å². The normalized spacial score (nSPS) is 19.4. The van der Waals surface area contributed by atoms with E-state index in [0.717, 1.165) is 10.5 Å². The first-order valence-corrected chi connectivity index (χ1v) is 8.52. The number of carbonyl (C=O) groups is 3. The number of rotatable bonds is 5. The summed E-state index contributed by atoms with van der Waals surface area (Å²) in [4.78, 5) is 38.7. The number of benzene rings is 2. The van der Waals surface area contributed by atoms with E-state index in [-0.39, 0.29) is 6.54 Å². The summed E-state index contributed by atoms with van der Waals surface area (Å²) in [7, 11) is 0. The minimum Gasteiger partial charge on any atom is -0.325 e. The molecule has 6 nitrogen and oxygen atoms in total. The molecule has 0 spiro atoms. The van der Waals surface area contributed by atoms with Gasteiger partial charge in [0.25, 0.3) is 5.91 Å². The van der Waals surface area contributed by atoms with Crippen LogP contribution in [0, 0.1) is 6.92 Å². The predicted octanol–water partition coefficient (Wildman–Crippen LogP) is 2.79. The summed E-state index contributed by atoms with van der Waals surface area (Å²) >= 11 is 0. The van der Waals surface area contributed by atoms with Gasteiger partial charge in [0.1, 0.15) is 12.1 Å². The molecule has 1 fully saturated rings. The highest BCUT2D eigenvalue weighted by Gasteiger charge is 2.51. The van der Waals surface area contributed by atoms with E-state index in [4.69, 9.17) is 0 Å². The van der Waals surface area contributed by atoms with Crippen LogP contribution in [0.1, 0.15) is 24.5 Å². The number of carbonyl (C=O) groups excluding carboxylic acids is 3. The van der Waals surface area contributed by atoms with Crippen molar-refractivity contribution < 1.29 is 14.4 Å². The maximum atomic E-state index is 13.0. The van der Waals surface area contributed by atoms with E-state index in [1.165, 1.54) is 0 Å². The van der Waals surface area contributed by atoms with Crippen LogP contribution in [0.25, 0.3) is 0 Å². The lowest BCUT2D eigenvalue weighted by Crippen LogP contribution is -2.44. The summed E-state index contributed by atoms with van der Waals surface area (Å²) in [5, 5.41) is 5.49. The zero-order chi connectivity index (χ0) is 18.7. The number of nitrogens with zero attached hydrogens (tertiary/aromatic N) is 1. The highest BCUT2D eigenvalue weighted by molar-refractivity contribution is 6.10. The highest BCUT2D eigenvalue weighted by atomic mass is 16.2. The van der Waals surface area contributed by atoms with Crippen LogP contribution in [0.15, 0.2) is 54.6 Å². The van der Waals surface area contributed by atoms with Crippen molar-refractivity contribution >= 4 is 23.5 Å². The van der Waals surface area contributed by atoms with Crippen molar-refractivity contribution in [1.82, 2.24) is 10.2 Å². The molecule has 3 rings (SSSR count). The second kappa shape index (κ2) is 7.00. The quantitative estimate of drug-likeness (QED) is 0.813. The first-order chi connectivity index (χ1) is 12.5. The molecule has 134 valence electrons. The van der Waals surface area contributed by atoms with Gasteiger partial charge in [0, 0.05) is 5.69 Å².